The Hall–Kier alpha value is -0.860. The van der Waals surface area contributed by atoms with Crippen molar-refractivity contribution >= 4 is 0 Å². The van der Waals surface area contributed by atoms with Gasteiger partial charge >= 0.3 is 0 Å². The number of nitrogens with one attached hydrogen (secondary N) is 1. The molecular formula is C16H24N2. The van der Waals surface area contributed by atoms with Crippen LogP contribution in [0.15, 0.2) is 18.2 Å². The second-order valence-corrected chi connectivity index (χ2v) is 6.20. The van der Waals surface area contributed by atoms with Gasteiger partial charge in [-0.1, -0.05) is 29.3 Å². The molecule has 2 aliphatic rings. The average Bonchev–Trinajstić information content (AvgIpc) is 2.74. The Morgan fingerprint density at radius 3 is 2.61 bits per heavy atom. The number of likely N-dealkylation sites (tertiary alicyclic amines) is 1. The van der Waals surface area contributed by atoms with Gasteiger partial charge in [-0.3, -0.25) is 4.90 Å². The quantitative estimate of drug-likeness (QED) is 0.859. The molecule has 2 nitrogen and oxygen atoms in total. The smallest absolute Gasteiger partial charge is 0.0234 e. The summed E-state index contributed by atoms with van der Waals surface area (Å²) in [7, 11) is 0. The molecule has 1 N–H and O–H groups in total. The van der Waals surface area contributed by atoms with Crippen molar-refractivity contribution in [3.63, 3.8) is 0 Å². The van der Waals surface area contributed by atoms with Crippen molar-refractivity contribution in [3.05, 3.63) is 34.9 Å². The topological polar surface area (TPSA) is 15.3 Å². The molecule has 0 amide bonds. The molecule has 2 unspecified atom stereocenters. The van der Waals surface area contributed by atoms with E-state index in [-0.39, 0.29) is 0 Å². The summed E-state index contributed by atoms with van der Waals surface area (Å²) in [6.07, 6.45) is 1.38. The molecule has 2 fully saturated rings. The molecule has 0 spiro atoms. The Morgan fingerprint density at radius 1 is 1.11 bits per heavy atom. The van der Waals surface area contributed by atoms with Gasteiger partial charge in [-0.15, -0.1) is 0 Å². The van der Waals surface area contributed by atoms with Crippen molar-refractivity contribution in [2.45, 2.75) is 26.8 Å². The third-order valence-corrected chi connectivity index (χ3v) is 4.48. The molecule has 0 aromatic heterocycles. The Balaban J connectivity index is 1.65. The van der Waals surface area contributed by atoms with Crippen molar-refractivity contribution in [1.29, 1.82) is 0 Å². The highest BCUT2D eigenvalue weighted by molar-refractivity contribution is 5.28. The van der Waals surface area contributed by atoms with E-state index < -0.39 is 0 Å². The Kier molecular flexibility index (Phi) is 3.40. The van der Waals surface area contributed by atoms with Crippen LogP contribution in [0, 0.1) is 25.7 Å². The monoisotopic (exact) mass is 244 g/mol. The highest BCUT2D eigenvalue weighted by Crippen LogP contribution is 2.27. The van der Waals surface area contributed by atoms with Crippen molar-refractivity contribution < 1.29 is 0 Å². The third-order valence-electron chi connectivity index (χ3n) is 4.48. The van der Waals surface area contributed by atoms with Gasteiger partial charge in [0.05, 0.1) is 0 Å². The van der Waals surface area contributed by atoms with Crippen LogP contribution < -0.4 is 5.32 Å². The summed E-state index contributed by atoms with van der Waals surface area (Å²) >= 11 is 0. The van der Waals surface area contributed by atoms with Crippen LogP contribution in [0.1, 0.15) is 23.1 Å². The Labute approximate surface area is 110 Å². The first-order valence-electron chi connectivity index (χ1n) is 7.21. The molecule has 0 radical (unpaired) electrons. The molecule has 0 saturated carbocycles. The SMILES string of the molecule is Cc1cc(C)cc(CN2CCC3CNCC3C2)c1. The first-order chi connectivity index (χ1) is 8.70. The fourth-order valence-electron chi connectivity index (χ4n) is 3.67. The van der Waals surface area contributed by atoms with E-state index in [1.807, 2.05) is 0 Å². The van der Waals surface area contributed by atoms with Gasteiger partial charge in [0, 0.05) is 13.1 Å². The summed E-state index contributed by atoms with van der Waals surface area (Å²) in [6, 6.07) is 6.94. The zero-order chi connectivity index (χ0) is 12.5. The number of hydrogen-bond donors (Lipinski definition) is 1. The predicted molar refractivity (Wildman–Crippen MR) is 75.7 cm³/mol. The van der Waals surface area contributed by atoms with E-state index in [1.165, 1.54) is 49.3 Å². The van der Waals surface area contributed by atoms with Crippen molar-refractivity contribution in [1.82, 2.24) is 10.2 Å². The largest absolute Gasteiger partial charge is 0.316 e. The normalized spacial score (nSPS) is 28.3. The van der Waals surface area contributed by atoms with Crippen LogP contribution in [0.5, 0.6) is 0 Å². The molecule has 0 aliphatic carbocycles. The number of aryl methyl sites for hydroxylation is 2. The van der Waals surface area contributed by atoms with Crippen LogP contribution in [0.2, 0.25) is 0 Å². The molecule has 0 bridgehead atoms. The number of benzene rings is 1. The lowest BCUT2D eigenvalue weighted by molar-refractivity contribution is 0.142. The lowest BCUT2D eigenvalue weighted by Crippen LogP contribution is -2.39. The molecule has 98 valence electrons. The molecule has 3 rings (SSSR count). The van der Waals surface area contributed by atoms with Crippen LogP contribution in [0.3, 0.4) is 0 Å². The van der Waals surface area contributed by atoms with Gasteiger partial charge in [-0.25, -0.2) is 0 Å². The van der Waals surface area contributed by atoms with E-state index in [9.17, 15) is 0 Å². The zero-order valence-corrected chi connectivity index (χ0v) is 11.6. The fourth-order valence-corrected chi connectivity index (χ4v) is 3.67. The van der Waals surface area contributed by atoms with Crippen molar-refractivity contribution in [2.75, 3.05) is 26.2 Å². The van der Waals surface area contributed by atoms with Crippen LogP contribution >= 0.6 is 0 Å². The lowest BCUT2D eigenvalue weighted by atomic mass is 9.88. The molecule has 2 heteroatoms. The van der Waals surface area contributed by atoms with Crippen LogP contribution in [-0.2, 0) is 6.54 Å². The minimum Gasteiger partial charge on any atom is -0.316 e. The molecule has 18 heavy (non-hydrogen) atoms. The molecular weight excluding hydrogens is 220 g/mol. The van der Waals surface area contributed by atoms with E-state index in [4.69, 9.17) is 0 Å². The Bertz CT molecular complexity index is 407. The van der Waals surface area contributed by atoms with Gasteiger partial charge in [-0.05, 0) is 57.3 Å². The Morgan fingerprint density at radius 2 is 1.83 bits per heavy atom. The first-order valence-corrected chi connectivity index (χ1v) is 7.21. The number of rotatable bonds is 2. The van der Waals surface area contributed by atoms with Gasteiger partial charge in [0.15, 0.2) is 0 Å². The number of nitrogens with zero attached hydrogens (tertiary/aromatic N) is 1. The summed E-state index contributed by atoms with van der Waals surface area (Å²) in [6.45, 7) is 10.6. The first kappa shape index (κ1) is 12.2. The molecule has 1 aromatic rings. The van der Waals surface area contributed by atoms with E-state index in [1.54, 1.807) is 0 Å². The minimum atomic E-state index is 0.893. The van der Waals surface area contributed by atoms with Gasteiger partial charge in [0.2, 0.25) is 0 Å². The molecule has 2 aliphatic heterocycles. The fraction of sp³-hybridized carbons (Fsp3) is 0.625. The highest BCUT2D eigenvalue weighted by Gasteiger charge is 2.32. The van der Waals surface area contributed by atoms with Crippen LogP contribution in [-0.4, -0.2) is 31.1 Å². The van der Waals surface area contributed by atoms with Crippen molar-refractivity contribution in [2.24, 2.45) is 11.8 Å². The maximum absolute atomic E-state index is 3.54. The summed E-state index contributed by atoms with van der Waals surface area (Å²) in [4.78, 5) is 2.64. The van der Waals surface area contributed by atoms with Crippen LogP contribution in [0.4, 0.5) is 0 Å². The highest BCUT2D eigenvalue weighted by atomic mass is 15.1. The predicted octanol–water partition coefficient (Wildman–Crippen LogP) is 2.34. The van der Waals surface area contributed by atoms with Gasteiger partial charge in [-0.2, -0.15) is 0 Å². The minimum absolute atomic E-state index is 0.893. The summed E-state index contributed by atoms with van der Waals surface area (Å²) < 4.78 is 0. The summed E-state index contributed by atoms with van der Waals surface area (Å²) in [5.41, 5.74) is 4.27. The number of piperidine rings is 1. The average molecular weight is 244 g/mol. The van der Waals surface area contributed by atoms with Gasteiger partial charge in [0.25, 0.3) is 0 Å². The van der Waals surface area contributed by atoms with E-state index >= 15 is 0 Å². The molecule has 2 atom stereocenters. The molecule has 2 saturated heterocycles. The molecule has 1 aromatic carbocycles. The number of fused-ring (bicyclic) bond motifs is 1. The van der Waals surface area contributed by atoms with Gasteiger partial charge in [0.1, 0.15) is 0 Å². The van der Waals surface area contributed by atoms with E-state index in [0.29, 0.717) is 0 Å². The van der Waals surface area contributed by atoms with Crippen LogP contribution in [0.25, 0.3) is 0 Å². The standard InChI is InChI=1S/C16H24N2/c1-12-5-13(2)7-14(6-12)10-18-4-3-15-8-17-9-16(15)11-18/h5-7,15-17H,3-4,8-11H2,1-2H3. The van der Waals surface area contributed by atoms with Gasteiger partial charge < -0.3 is 5.32 Å². The maximum Gasteiger partial charge on any atom is 0.0234 e. The maximum atomic E-state index is 3.54. The number of hydrogen-bond acceptors (Lipinski definition) is 2. The summed E-state index contributed by atoms with van der Waals surface area (Å²) in [5, 5.41) is 3.54. The third kappa shape index (κ3) is 2.60. The van der Waals surface area contributed by atoms with Crippen molar-refractivity contribution in [3.8, 4) is 0 Å². The second kappa shape index (κ2) is 5.02. The summed E-state index contributed by atoms with van der Waals surface area (Å²) in [5.74, 6) is 1.84. The zero-order valence-electron chi connectivity index (χ0n) is 11.6. The van der Waals surface area contributed by atoms with E-state index in [2.05, 4.69) is 42.3 Å². The second-order valence-electron chi connectivity index (χ2n) is 6.20. The molecule has 2 heterocycles. The lowest BCUT2D eigenvalue weighted by Gasteiger charge is -2.34. The van der Waals surface area contributed by atoms with E-state index in [0.717, 1.165) is 18.4 Å².